The lowest BCUT2D eigenvalue weighted by Crippen LogP contribution is -2.23. The lowest BCUT2D eigenvalue weighted by molar-refractivity contribution is 0.0722. The van der Waals surface area contributed by atoms with Crippen molar-refractivity contribution in [2.75, 3.05) is 0 Å². The average Bonchev–Trinajstić information content (AvgIpc) is 2.74. The molecule has 2 aromatic rings. The quantitative estimate of drug-likeness (QED) is 0.779. The largest absolute Gasteiger partial charge is 0.268 e. The number of imide groups is 1. The fourth-order valence-electron chi connectivity index (χ4n) is 2.29. The van der Waals surface area contributed by atoms with Gasteiger partial charge in [-0.15, -0.1) is 0 Å². The van der Waals surface area contributed by atoms with Gasteiger partial charge in [0.05, 0.1) is 11.1 Å². The molecule has 98 valence electrons. The Labute approximate surface area is 117 Å². The highest BCUT2D eigenvalue weighted by molar-refractivity contribution is 6.22. The molecule has 0 spiro atoms. The van der Waals surface area contributed by atoms with Crippen molar-refractivity contribution in [1.29, 1.82) is 0 Å². The van der Waals surface area contributed by atoms with Gasteiger partial charge in [0.1, 0.15) is 0 Å². The molecule has 0 aromatic heterocycles. The molecule has 0 saturated carbocycles. The first-order valence-electron chi connectivity index (χ1n) is 6.39. The third-order valence-corrected chi connectivity index (χ3v) is 3.38. The molecule has 0 N–H and O–H groups in total. The molecule has 3 heteroatoms. The first-order chi connectivity index (χ1) is 9.68. The maximum absolute atomic E-state index is 12.2. The van der Waals surface area contributed by atoms with Crippen LogP contribution in [-0.4, -0.2) is 16.7 Å². The Morgan fingerprint density at radius 1 is 0.850 bits per heavy atom. The predicted molar refractivity (Wildman–Crippen MR) is 77.0 cm³/mol. The Morgan fingerprint density at radius 2 is 1.35 bits per heavy atom. The molecule has 0 atom stereocenters. The van der Waals surface area contributed by atoms with Crippen molar-refractivity contribution in [3.63, 3.8) is 0 Å². The monoisotopic (exact) mass is 263 g/mol. The second kappa shape index (κ2) is 4.78. The van der Waals surface area contributed by atoms with Gasteiger partial charge in [-0.2, -0.15) is 0 Å². The second-order valence-corrected chi connectivity index (χ2v) is 4.70. The van der Waals surface area contributed by atoms with Crippen LogP contribution in [0.5, 0.6) is 0 Å². The molecule has 0 saturated heterocycles. The fourth-order valence-corrected chi connectivity index (χ4v) is 2.29. The third-order valence-electron chi connectivity index (χ3n) is 3.38. The minimum atomic E-state index is -0.263. The summed E-state index contributed by atoms with van der Waals surface area (Å²) in [5.41, 5.74) is 2.80. The van der Waals surface area contributed by atoms with E-state index in [0.29, 0.717) is 11.1 Å². The number of hydrogen-bond donors (Lipinski definition) is 0. The van der Waals surface area contributed by atoms with Gasteiger partial charge in [-0.05, 0) is 30.2 Å². The summed E-state index contributed by atoms with van der Waals surface area (Å²) in [6.07, 6.45) is 1.61. The van der Waals surface area contributed by atoms with Gasteiger partial charge in [0.15, 0.2) is 0 Å². The molecule has 1 aliphatic rings. The maximum atomic E-state index is 12.2. The summed E-state index contributed by atoms with van der Waals surface area (Å²) >= 11 is 0. The van der Waals surface area contributed by atoms with E-state index in [4.69, 9.17) is 0 Å². The lowest BCUT2D eigenvalue weighted by atomic mass is 10.1. The van der Waals surface area contributed by atoms with Crippen molar-refractivity contribution >= 4 is 17.4 Å². The van der Waals surface area contributed by atoms with Crippen LogP contribution in [0.25, 0.3) is 5.57 Å². The summed E-state index contributed by atoms with van der Waals surface area (Å²) in [6, 6.07) is 16.6. The van der Waals surface area contributed by atoms with Crippen LogP contribution < -0.4 is 0 Å². The van der Waals surface area contributed by atoms with Crippen LogP contribution in [0.2, 0.25) is 0 Å². The van der Waals surface area contributed by atoms with Gasteiger partial charge in [0.2, 0.25) is 0 Å². The van der Waals surface area contributed by atoms with E-state index >= 15 is 0 Å². The smallest absolute Gasteiger partial charge is 0.265 e. The summed E-state index contributed by atoms with van der Waals surface area (Å²) < 4.78 is 0. The van der Waals surface area contributed by atoms with Crippen molar-refractivity contribution in [2.45, 2.75) is 6.92 Å². The van der Waals surface area contributed by atoms with Crippen molar-refractivity contribution in [3.8, 4) is 0 Å². The van der Waals surface area contributed by atoms with E-state index in [1.54, 1.807) is 30.5 Å². The van der Waals surface area contributed by atoms with Gasteiger partial charge >= 0.3 is 0 Å². The minimum Gasteiger partial charge on any atom is -0.268 e. The highest BCUT2D eigenvalue weighted by atomic mass is 16.2. The number of hydrogen-bond acceptors (Lipinski definition) is 2. The number of carbonyl (C=O) groups is 2. The Kier molecular flexibility index (Phi) is 2.95. The Balaban J connectivity index is 1.98. The standard InChI is InChI=1S/C17H13NO2/c1-12(13-7-3-2-4-8-13)11-18-16(19)14-9-5-6-10-15(14)17(18)20/h2-11H,1H3/b12-11-. The third kappa shape index (κ3) is 1.93. The number of benzene rings is 2. The molecular weight excluding hydrogens is 250 g/mol. The van der Waals surface area contributed by atoms with Crippen LogP contribution in [0.3, 0.4) is 0 Å². The summed E-state index contributed by atoms with van der Waals surface area (Å²) in [7, 11) is 0. The van der Waals surface area contributed by atoms with E-state index in [9.17, 15) is 9.59 Å². The molecule has 0 unspecified atom stereocenters. The predicted octanol–water partition coefficient (Wildman–Crippen LogP) is 3.34. The first-order valence-corrected chi connectivity index (χ1v) is 6.39. The highest BCUT2D eigenvalue weighted by Gasteiger charge is 2.33. The maximum Gasteiger partial charge on any atom is 0.265 e. The molecule has 0 fully saturated rings. The molecule has 3 rings (SSSR count). The Morgan fingerprint density at radius 3 is 1.90 bits per heavy atom. The van der Waals surface area contributed by atoms with Crippen molar-refractivity contribution < 1.29 is 9.59 Å². The van der Waals surface area contributed by atoms with Crippen molar-refractivity contribution in [3.05, 3.63) is 77.5 Å². The number of carbonyl (C=O) groups excluding carboxylic acids is 2. The van der Waals surface area contributed by atoms with Gasteiger partial charge in [-0.1, -0.05) is 42.5 Å². The number of fused-ring (bicyclic) bond motifs is 1. The lowest BCUT2D eigenvalue weighted by Gasteiger charge is -2.10. The summed E-state index contributed by atoms with van der Waals surface area (Å²) in [5.74, 6) is -0.526. The van der Waals surface area contributed by atoms with Crippen LogP contribution in [-0.2, 0) is 0 Å². The van der Waals surface area contributed by atoms with E-state index in [-0.39, 0.29) is 11.8 Å². The molecule has 1 aliphatic heterocycles. The zero-order chi connectivity index (χ0) is 14.1. The molecule has 2 amide bonds. The summed E-state index contributed by atoms with van der Waals surface area (Å²) in [4.78, 5) is 25.7. The normalized spacial score (nSPS) is 14.7. The van der Waals surface area contributed by atoms with Crippen LogP contribution in [0.4, 0.5) is 0 Å². The average molecular weight is 263 g/mol. The van der Waals surface area contributed by atoms with Gasteiger partial charge in [0, 0.05) is 6.20 Å². The minimum absolute atomic E-state index is 0.263. The van der Waals surface area contributed by atoms with E-state index in [1.165, 1.54) is 4.90 Å². The number of amides is 2. The Hall–Kier alpha value is -2.68. The molecule has 3 nitrogen and oxygen atoms in total. The van der Waals surface area contributed by atoms with E-state index in [1.807, 2.05) is 37.3 Å². The van der Waals surface area contributed by atoms with Crippen molar-refractivity contribution in [1.82, 2.24) is 4.90 Å². The first kappa shape index (κ1) is 12.4. The number of allylic oxidation sites excluding steroid dienone is 1. The molecule has 0 bridgehead atoms. The van der Waals surface area contributed by atoms with Gasteiger partial charge in [-0.25, -0.2) is 4.90 Å². The number of nitrogens with zero attached hydrogens (tertiary/aromatic N) is 1. The summed E-state index contributed by atoms with van der Waals surface area (Å²) in [5, 5.41) is 0. The van der Waals surface area contributed by atoms with Gasteiger partial charge < -0.3 is 0 Å². The molecule has 1 heterocycles. The van der Waals surface area contributed by atoms with Gasteiger partial charge in [-0.3, -0.25) is 9.59 Å². The number of rotatable bonds is 2. The molecular formula is C17H13NO2. The van der Waals surface area contributed by atoms with Crippen LogP contribution in [0, 0.1) is 0 Å². The van der Waals surface area contributed by atoms with Crippen molar-refractivity contribution in [2.24, 2.45) is 0 Å². The van der Waals surface area contributed by atoms with Crippen LogP contribution >= 0.6 is 0 Å². The fraction of sp³-hybridized carbons (Fsp3) is 0.0588. The van der Waals surface area contributed by atoms with E-state index in [0.717, 1.165) is 11.1 Å². The Bertz CT molecular complexity index is 682. The molecule has 2 aromatic carbocycles. The molecule has 0 radical (unpaired) electrons. The molecule has 0 aliphatic carbocycles. The second-order valence-electron chi connectivity index (χ2n) is 4.70. The zero-order valence-corrected chi connectivity index (χ0v) is 11.0. The van der Waals surface area contributed by atoms with Crippen LogP contribution in [0.15, 0.2) is 60.8 Å². The topological polar surface area (TPSA) is 37.4 Å². The zero-order valence-electron chi connectivity index (χ0n) is 11.0. The summed E-state index contributed by atoms with van der Waals surface area (Å²) in [6.45, 7) is 1.89. The van der Waals surface area contributed by atoms with Gasteiger partial charge in [0.25, 0.3) is 11.8 Å². The van der Waals surface area contributed by atoms with E-state index in [2.05, 4.69) is 0 Å². The van der Waals surface area contributed by atoms with Crippen LogP contribution in [0.1, 0.15) is 33.2 Å². The highest BCUT2D eigenvalue weighted by Crippen LogP contribution is 2.25. The van der Waals surface area contributed by atoms with E-state index < -0.39 is 0 Å². The molecule has 20 heavy (non-hydrogen) atoms. The SMILES string of the molecule is C/C(=C/N1C(=O)c2ccccc2C1=O)c1ccccc1.